The Balaban J connectivity index is 1.64. The number of para-hydroxylation sites is 2. The van der Waals surface area contributed by atoms with Gasteiger partial charge in [0.15, 0.2) is 11.5 Å². The molecule has 1 aromatic carbocycles. The van der Waals surface area contributed by atoms with Crippen molar-refractivity contribution in [3.63, 3.8) is 0 Å². The van der Waals surface area contributed by atoms with Crippen molar-refractivity contribution in [2.24, 2.45) is 0 Å². The molecular formula is C18H21NO5. The van der Waals surface area contributed by atoms with E-state index in [9.17, 15) is 4.79 Å². The number of carbonyl (C=O) groups is 1. The quantitative estimate of drug-likeness (QED) is 0.759. The van der Waals surface area contributed by atoms with Gasteiger partial charge in [-0.2, -0.15) is 0 Å². The molecule has 0 N–H and O–H groups in total. The van der Waals surface area contributed by atoms with E-state index in [1.807, 2.05) is 24.3 Å². The Morgan fingerprint density at radius 2 is 2.08 bits per heavy atom. The van der Waals surface area contributed by atoms with Crippen molar-refractivity contribution < 1.29 is 23.4 Å². The zero-order valence-corrected chi connectivity index (χ0v) is 13.9. The number of benzene rings is 1. The maximum Gasteiger partial charge on any atom is 0.374 e. The van der Waals surface area contributed by atoms with Crippen molar-refractivity contribution in [1.29, 1.82) is 0 Å². The van der Waals surface area contributed by atoms with Crippen LogP contribution in [0.25, 0.3) is 0 Å². The van der Waals surface area contributed by atoms with Crippen LogP contribution in [0.4, 0.5) is 0 Å². The Hall–Kier alpha value is -2.47. The molecule has 0 radical (unpaired) electrons. The summed E-state index contributed by atoms with van der Waals surface area (Å²) in [6, 6.07) is 9.45. The van der Waals surface area contributed by atoms with E-state index < -0.39 is 5.97 Å². The molecule has 0 saturated carbocycles. The molecule has 0 bridgehead atoms. The van der Waals surface area contributed by atoms with E-state index in [4.69, 9.17) is 18.6 Å². The van der Waals surface area contributed by atoms with Crippen LogP contribution in [0.1, 0.15) is 23.0 Å². The van der Waals surface area contributed by atoms with Gasteiger partial charge in [-0.05, 0) is 24.7 Å². The van der Waals surface area contributed by atoms with Crippen LogP contribution in [-0.2, 0) is 11.3 Å². The largest absolute Gasteiger partial charge is 0.486 e. The second-order valence-electron chi connectivity index (χ2n) is 5.59. The monoisotopic (exact) mass is 331 g/mol. The van der Waals surface area contributed by atoms with Crippen molar-refractivity contribution in [2.75, 3.05) is 26.8 Å². The summed E-state index contributed by atoms with van der Waals surface area (Å²) in [5.74, 6) is 1.34. The highest BCUT2D eigenvalue weighted by molar-refractivity contribution is 5.87. The smallest absolute Gasteiger partial charge is 0.374 e. The average Bonchev–Trinajstić information content (AvgIpc) is 3.08. The molecule has 6 nitrogen and oxygen atoms in total. The second-order valence-corrected chi connectivity index (χ2v) is 5.59. The number of nitrogens with zero attached hydrogens (tertiary/aromatic N) is 1. The molecular weight excluding hydrogens is 310 g/mol. The molecule has 1 aliphatic rings. The standard InChI is InChI=1S/C18H21NO5/c1-3-19(10-13-8-9-22-17(13)18(20)21-2)11-14-12-23-15-6-4-5-7-16(15)24-14/h4-9,14H,3,10-12H2,1-2H3. The molecule has 1 atom stereocenters. The minimum absolute atomic E-state index is 0.0617. The van der Waals surface area contributed by atoms with Crippen molar-refractivity contribution in [3.8, 4) is 11.5 Å². The number of likely N-dealkylation sites (N-methyl/N-ethyl adjacent to an activating group) is 1. The van der Waals surface area contributed by atoms with Crippen LogP contribution in [0.2, 0.25) is 0 Å². The number of ether oxygens (including phenoxy) is 3. The predicted octanol–water partition coefficient (Wildman–Crippen LogP) is 2.73. The Labute approximate surface area is 140 Å². The highest BCUT2D eigenvalue weighted by Crippen LogP contribution is 2.31. The third-order valence-electron chi connectivity index (χ3n) is 3.99. The Bertz CT molecular complexity index is 696. The lowest BCUT2D eigenvalue weighted by Crippen LogP contribution is -2.40. The average molecular weight is 331 g/mol. The van der Waals surface area contributed by atoms with E-state index in [0.29, 0.717) is 19.7 Å². The SMILES string of the molecule is CCN(Cc1ccoc1C(=O)OC)CC1COc2ccccc2O1. The molecule has 1 aliphatic heterocycles. The summed E-state index contributed by atoms with van der Waals surface area (Å²) in [4.78, 5) is 13.9. The van der Waals surface area contributed by atoms with Gasteiger partial charge >= 0.3 is 5.97 Å². The van der Waals surface area contributed by atoms with Gasteiger partial charge in [-0.1, -0.05) is 19.1 Å². The fourth-order valence-electron chi connectivity index (χ4n) is 2.72. The summed E-state index contributed by atoms with van der Waals surface area (Å²) in [6.07, 6.45) is 1.44. The lowest BCUT2D eigenvalue weighted by atomic mass is 10.2. The first kappa shape index (κ1) is 16.4. The van der Waals surface area contributed by atoms with Crippen LogP contribution in [0, 0.1) is 0 Å². The number of hydrogen-bond donors (Lipinski definition) is 0. The Kier molecular flexibility index (Phi) is 5.05. The molecule has 2 aromatic rings. The third-order valence-corrected chi connectivity index (χ3v) is 3.99. The topological polar surface area (TPSA) is 61.1 Å². The molecule has 1 aromatic heterocycles. The maximum atomic E-state index is 11.7. The molecule has 0 saturated heterocycles. The lowest BCUT2D eigenvalue weighted by molar-refractivity contribution is 0.0541. The van der Waals surface area contributed by atoms with Gasteiger partial charge < -0.3 is 18.6 Å². The van der Waals surface area contributed by atoms with Crippen molar-refractivity contribution in [3.05, 3.63) is 47.9 Å². The fourth-order valence-corrected chi connectivity index (χ4v) is 2.72. The van der Waals surface area contributed by atoms with Crippen molar-refractivity contribution >= 4 is 5.97 Å². The number of methoxy groups -OCH3 is 1. The van der Waals surface area contributed by atoms with Gasteiger partial charge in [-0.15, -0.1) is 0 Å². The zero-order chi connectivity index (χ0) is 16.9. The first-order valence-corrected chi connectivity index (χ1v) is 7.96. The van der Waals surface area contributed by atoms with Gasteiger partial charge in [0.1, 0.15) is 12.7 Å². The summed E-state index contributed by atoms with van der Waals surface area (Å²) in [5, 5.41) is 0. The minimum Gasteiger partial charge on any atom is -0.486 e. The summed E-state index contributed by atoms with van der Waals surface area (Å²) in [7, 11) is 1.34. The maximum absolute atomic E-state index is 11.7. The molecule has 2 heterocycles. The first-order valence-electron chi connectivity index (χ1n) is 7.96. The first-order chi connectivity index (χ1) is 11.7. The molecule has 0 aliphatic carbocycles. The molecule has 0 spiro atoms. The van der Waals surface area contributed by atoms with E-state index >= 15 is 0 Å². The molecule has 0 amide bonds. The number of rotatable bonds is 6. The Morgan fingerprint density at radius 3 is 2.83 bits per heavy atom. The number of furan rings is 1. The van der Waals surface area contributed by atoms with Gasteiger partial charge in [0.25, 0.3) is 0 Å². The summed E-state index contributed by atoms with van der Waals surface area (Å²) >= 11 is 0. The van der Waals surface area contributed by atoms with Gasteiger partial charge in [0.05, 0.1) is 13.4 Å². The highest BCUT2D eigenvalue weighted by Gasteiger charge is 2.24. The van der Waals surface area contributed by atoms with Crippen LogP contribution >= 0.6 is 0 Å². The van der Waals surface area contributed by atoms with Crippen LogP contribution < -0.4 is 9.47 Å². The van der Waals surface area contributed by atoms with E-state index in [0.717, 1.165) is 23.6 Å². The molecule has 3 rings (SSSR count). The van der Waals surface area contributed by atoms with E-state index in [1.54, 1.807) is 6.07 Å². The van der Waals surface area contributed by atoms with Crippen molar-refractivity contribution in [1.82, 2.24) is 4.90 Å². The predicted molar refractivity (Wildman–Crippen MR) is 87.4 cm³/mol. The van der Waals surface area contributed by atoms with Crippen LogP contribution in [0.5, 0.6) is 11.5 Å². The summed E-state index contributed by atoms with van der Waals surface area (Å²) in [5.41, 5.74) is 0.806. The molecule has 0 fully saturated rings. The van der Waals surface area contributed by atoms with Gasteiger partial charge in [0, 0.05) is 18.7 Å². The lowest BCUT2D eigenvalue weighted by Gasteiger charge is -2.30. The zero-order valence-electron chi connectivity index (χ0n) is 13.9. The minimum atomic E-state index is -0.461. The highest BCUT2D eigenvalue weighted by atomic mass is 16.6. The Morgan fingerprint density at radius 1 is 1.29 bits per heavy atom. The molecule has 1 unspecified atom stereocenters. The number of carbonyl (C=O) groups excluding carboxylic acids is 1. The normalized spacial score (nSPS) is 16.2. The molecule has 6 heteroatoms. The number of esters is 1. The second kappa shape index (κ2) is 7.40. The number of hydrogen-bond acceptors (Lipinski definition) is 6. The third kappa shape index (κ3) is 3.54. The van der Waals surface area contributed by atoms with Gasteiger partial charge in [-0.25, -0.2) is 4.79 Å². The van der Waals surface area contributed by atoms with Gasteiger partial charge in [-0.3, -0.25) is 4.90 Å². The van der Waals surface area contributed by atoms with E-state index in [-0.39, 0.29) is 11.9 Å². The van der Waals surface area contributed by atoms with Crippen LogP contribution in [0.3, 0.4) is 0 Å². The van der Waals surface area contributed by atoms with Gasteiger partial charge in [0.2, 0.25) is 5.76 Å². The fraction of sp³-hybridized carbons (Fsp3) is 0.389. The van der Waals surface area contributed by atoms with E-state index in [2.05, 4.69) is 11.8 Å². The van der Waals surface area contributed by atoms with Crippen LogP contribution in [-0.4, -0.2) is 43.8 Å². The number of fused-ring (bicyclic) bond motifs is 1. The molecule has 24 heavy (non-hydrogen) atoms. The van der Waals surface area contributed by atoms with E-state index in [1.165, 1.54) is 13.4 Å². The summed E-state index contributed by atoms with van der Waals surface area (Å²) in [6.45, 7) is 4.65. The van der Waals surface area contributed by atoms with Crippen molar-refractivity contribution in [2.45, 2.75) is 19.6 Å². The molecule has 128 valence electrons. The summed E-state index contributed by atoms with van der Waals surface area (Å²) < 4.78 is 21.7. The van der Waals surface area contributed by atoms with Crippen LogP contribution in [0.15, 0.2) is 41.0 Å².